The van der Waals surface area contributed by atoms with Crippen molar-refractivity contribution in [2.45, 2.75) is 13.8 Å². The summed E-state index contributed by atoms with van der Waals surface area (Å²) in [6.07, 6.45) is 1.51. The van der Waals surface area contributed by atoms with E-state index in [0.717, 1.165) is 0 Å². The van der Waals surface area contributed by atoms with Crippen molar-refractivity contribution in [3.05, 3.63) is 42.0 Å². The lowest BCUT2D eigenvalue weighted by molar-refractivity contribution is -0.118. The number of rotatable bonds is 3. The molecule has 1 N–H and O–H groups in total. The van der Waals surface area contributed by atoms with Gasteiger partial charge in [0.2, 0.25) is 0 Å². The highest BCUT2D eigenvalue weighted by Crippen LogP contribution is 2.07. The van der Waals surface area contributed by atoms with E-state index in [-0.39, 0.29) is 17.3 Å². The molecule has 0 aliphatic heterocycles. The molecule has 0 atom stereocenters. The number of ketones is 1. The largest absolute Gasteiger partial charge is 0.322 e. The Hall–Kier alpha value is -1.90. The first-order valence-electron chi connectivity index (χ1n) is 4.68. The van der Waals surface area contributed by atoms with Crippen LogP contribution in [0.25, 0.3) is 0 Å². The van der Waals surface area contributed by atoms with E-state index in [1.54, 1.807) is 19.1 Å². The highest BCUT2D eigenvalue weighted by Gasteiger charge is 2.12. The second kappa shape index (κ2) is 5.10. The van der Waals surface area contributed by atoms with Crippen LogP contribution in [0.15, 0.2) is 42.0 Å². The van der Waals surface area contributed by atoms with Crippen LogP contribution in [0.3, 0.4) is 0 Å². The van der Waals surface area contributed by atoms with E-state index >= 15 is 0 Å². The summed E-state index contributed by atoms with van der Waals surface area (Å²) in [5.41, 5.74) is 0.863. The van der Waals surface area contributed by atoms with E-state index in [2.05, 4.69) is 5.32 Å². The molecule has 78 valence electrons. The number of benzene rings is 1. The fraction of sp³-hybridized carbons (Fsp3) is 0.167. The van der Waals surface area contributed by atoms with Crippen LogP contribution in [0.1, 0.15) is 13.8 Å². The fourth-order valence-electron chi connectivity index (χ4n) is 1.21. The summed E-state index contributed by atoms with van der Waals surface area (Å²) < 4.78 is 0. The molecule has 0 spiro atoms. The van der Waals surface area contributed by atoms with Crippen LogP contribution < -0.4 is 5.32 Å². The smallest absolute Gasteiger partial charge is 0.258 e. The molecule has 0 bridgehead atoms. The number of para-hydroxylation sites is 1. The van der Waals surface area contributed by atoms with E-state index in [9.17, 15) is 9.59 Å². The second-order valence-electron chi connectivity index (χ2n) is 3.08. The number of carbonyl (C=O) groups excluding carboxylic acids is 2. The Morgan fingerprint density at radius 1 is 1.20 bits per heavy atom. The van der Waals surface area contributed by atoms with Gasteiger partial charge < -0.3 is 5.32 Å². The van der Waals surface area contributed by atoms with Crippen molar-refractivity contribution in [1.29, 1.82) is 0 Å². The normalized spacial score (nSPS) is 10.9. The van der Waals surface area contributed by atoms with Crippen LogP contribution in [-0.2, 0) is 9.59 Å². The molecule has 0 heterocycles. The second-order valence-corrected chi connectivity index (χ2v) is 3.08. The Kier molecular flexibility index (Phi) is 3.80. The first-order chi connectivity index (χ1) is 7.15. The highest BCUT2D eigenvalue weighted by atomic mass is 16.2. The summed E-state index contributed by atoms with van der Waals surface area (Å²) in [7, 11) is 0. The van der Waals surface area contributed by atoms with Gasteiger partial charge in [0.1, 0.15) is 0 Å². The van der Waals surface area contributed by atoms with E-state index in [1.165, 1.54) is 13.0 Å². The number of hydrogen-bond donors (Lipinski definition) is 1. The summed E-state index contributed by atoms with van der Waals surface area (Å²) >= 11 is 0. The molecule has 0 fully saturated rings. The molecule has 1 aromatic carbocycles. The Balaban J connectivity index is 2.76. The van der Waals surface area contributed by atoms with Gasteiger partial charge in [-0.05, 0) is 26.0 Å². The Labute approximate surface area is 88.8 Å². The van der Waals surface area contributed by atoms with Crippen LogP contribution in [-0.4, -0.2) is 11.7 Å². The third-order valence-corrected chi connectivity index (χ3v) is 1.94. The van der Waals surface area contributed by atoms with Crippen molar-refractivity contribution in [1.82, 2.24) is 0 Å². The number of hydrogen-bond acceptors (Lipinski definition) is 2. The van der Waals surface area contributed by atoms with E-state index in [4.69, 9.17) is 0 Å². The maximum atomic E-state index is 11.6. The molecule has 1 rings (SSSR count). The molecule has 15 heavy (non-hydrogen) atoms. The zero-order valence-electron chi connectivity index (χ0n) is 8.78. The SMILES string of the molecule is C/C=C(\C(C)=O)C(=O)Nc1ccccc1. The molecule has 3 nitrogen and oxygen atoms in total. The van der Waals surface area contributed by atoms with Crippen LogP contribution in [0.2, 0.25) is 0 Å². The number of amides is 1. The van der Waals surface area contributed by atoms with Gasteiger partial charge in [-0.3, -0.25) is 9.59 Å². The summed E-state index contributed by atoms with van der Waals surface area (Å²) in [5.74, 6) is -0.595. The first-order valence-corrected chi connectivity index (χ1v) is 4.68. The van der Waals surface area contributed by atoms with Crippen LogP contribution in [0, 0.1) is 0 Å². The minimum atomic E-state index is -0.365. The Bertz CT molecular complexity index is 393. The molecule has 1 amide bonds. The van der Waals surface area contributed by atoms with Gasteiger partial charge in [0.05, 0.1) is 5.57 Å². The molecule has 0 aliphatic carbocycles. The summed E-state index contributed by atoms with van der Waals surface area (Å²) in [6, 6.07) is 9.03. The van der Waals surface area contributed by atoms with Gasteiger partial charge in [-0.2, -0.15) is 0 Å². The van der Waals surface area contributed by atoms with Crippen molar-refractivity contribution in [3.8, 4) is 0 Å². The highest BCUT2D eigenvalue weighted by molar-refractivity contribution is 6.22. The van der Waals surface area contributed by atoms with Crippen molar-refractivity contribution in [2.24, 2.45) is 0 Å². The monoisotopic (exact) mass is 203 g/mol. The lowest BCUT2D eigenvalue weighted by Gasteiger charge is -2.05. The van der Waals surface area contributed by atoms with Gasteiger partial charge in [0.25, 0.3) is 5.91 Å². The molecule has 0 radical (unpaired) electrons. The lowest BCUT2D eigenvalue weighted by atomic mass is 10.1. The summed E-state index contributed by atoms with van der Waals surface area (Å²) in [5, 5.41) is 2.65. The van der Waals surface area contributed by atoms with Crippen LogP contribution >= 0.6 is 0 Å². The zero-order valence-corrected chi connectivity index (χ0v) is 8.78. The quantitative estimate of drug-likeness (QED) is 0.465. The van der Waals surface area contributed by atoms with Gasteiger partial charge in [-0.25, -0.2) is 0 Å². The van der Waals surface area contributed by atoms with Gasteiger partial charge >= 0.3 is 0 Å². The molecule has 0 aliphatic rings. The molecular weight excluding hydrogens is 190 g/mol. The van der Waals surface area contributed by atoms with Crippen LogP contribution in [0.5, 0.6) is 0 Å². The van der Waals surface area contributed by atoms with Crippen molar-refractivity contribution in [3.63, 3.8) is 0 Å². The molecule has 0 saturated heterocycles. The Morgan fingerprint density at radius 3 is 2.27 bits per heavy atom. The Morgan fingerprint density at radius 2 is 1.80 bits per heavy atom. The summed E-state index contributed by atoms with van der Waals surface area (Å²) in [4.78, 5) is 22.7. The van der Waals surface area contributed by atoms with E-state index in [0.29, 0.717) is 5.69 Å². The molecule has 0 saturated carbocycles. The number of allylic oxidation sites excluding steroid dienone is 1. The van der Waals surface area contributed by atoms with Crippen LogP contribution in [0.4, 0.5) is 5.69 Å². The summed E-state index contributed by atoms with van der Waals surface area (Å²) in [6.45, 7) is 3.04. The zero-order chi connectivity index (χ0) is 11.3. The molecule has 3 heteroatoms. The minimum Gasteiger partial charge on any atom is -0.322 e. The maximum absolute atomic E-state index is 11.6. The molecule has 0 unspecified atom stereocenters. The minimum absolute atomic E-state index is 0.179. The van der Waals surface area contributed by atoms with Gasteiger partial charge in [-0.15, -0.1) is 0 Å². The third-order valence-electron chi connectivity index (χ3n) is 1.94. The average Bonchev–Trinajstić information content (AvgIpc) is 2.19. The number of anilines is 1. The van der Waals surface area contributed by atoms with Crippen molar-refractivity contribution < 1.29 is 9.59 Å². The van der Waals surface area contributed by atoms with Crippen molar-refractivity contribution >= 4 is 17.4 Å². The maximum Gasteiger partial charge on any atom is 0.258 e. The lowest BCUT2D eigenvalue weighted by Crippen LogP contribution is -2.18. The van der Waals surface area contributed by atoms with E-state index < -0.39 is 0 Å². The van der Waals surface area contributed by atoms with Gasteiger partial charge in [0, 0.05) is 5.69 Å². The first kappa shape index (κ1) is 11.2. The number of carbonyl (C=O) groups is 2. The molecule has 1 aromatic rings. The number of nitrogens with one attached hydrogen (secondary N) is 1. The fourth-order valence-corrected chi connectivity index (χ4v) is 1.21. The predicted octanol–water partition coefficient (Wildman–Crippen LogP) is 2.16. The standard InChI is InChI=1S/C12H13NO2/c1-3-11(9(2)14)12(15)13-10-7-5-4-6-8-10/h3-8H,1-2H3,(H,13,15)/b11-3+. The van der Waals surface area contributed by atoms with E-state index in [1.807, 2.05) is 18.2 Å². The predicted molar refractivity (Wildman–Crippen MR) is 59.5 cm³/mol. The van der Waals surface area contributed by atoms with Crippen molar-refractivity contribution in [2.75, 3.05) is 5.32 Å². The molecular formula is C12H13NO2. The van der Waals surface area contributed by atoms with Gasteiger partial charge in [-0.1, -0.05) is 24.3 Å². The van der Waals surface area contributed by atoms with Gasteiger partial charge in [0.15, 0.2) is 5.78 Å². The topological polar surface area (TPSA) is 46.2 Å². The third kappa shape index (κ3) is 3.06. The average molecular weight is 203 g/mol. The number of Topliss-reactive ketones (excluding diaryl/α,β-unsaturated/α-hetero) is 1. The molecule has 0 aromatic heterocycles.